The van der Waals surface area contributed by atoms with E-state index in [1.807, 2.05) is 7.05 Å². The van der Waals surface area contributed by atoms with Gasteiger partial charge in [-0.15, -0.1) is 12.4 Å². The second-order valence-electron chi connectivity index (χ2n) is 5.46. The number of rotatable bonds is 4. The Morgan fingerprint density at radius 3 is 2.52 bits per heavy atom. The zero-order valence-corrected chi connectivity index (χ0v) is 13.8. The molecule has 120 valence electrons. The molecule has 2 rings (SSSR count). The van der Waals surface area contributed by atoms with Crippen molar-refractivity contribution in [2.75, 3.05) is 33.0 Å². The highest BCUT2D eigenvalue weighted by Gasteiger charge is 2.30. The first-order chi connectivity index (χ1) is 9.35. The third-order valence-electron chi connectivity index (χ3n) is 3.73. The molecule has 0 radical (unpaired) electrons. The molecule has 1 aromatic rings. The molecule has 0 spiro atoms. The summed E-state index contributed by atoms with van der Waals surface area (Å²) in [5.74, 6) is 0.0353. The Balaban J connectivity index is 0.00000220. The number of benzene rings is 1. The van der Waals surface area contributed by atoms with Crippen molar-refractivity contribution in [1.82, 2.24) is 4.90 Å². The van der Waals surface area contributed by atoms with Gasteiger partial charge < -0.3 is 4.90 Å². The molecule has 7 heteroatoms. The van der Waals surface area contributed by atoms with Crippen LogP contribution in [-0.4, -0.2) is 46.3 Å². The number of nitrogens with zero attached hydrogens (tertiary/aromatic N) is 1. The normalized spacial score (nSPS) is 23.6. The van der Waals surface area contributed by atoms with Gasteiger partial charge in [-0.3, -0.25) is 4.18 Å². The Morgan fingerprint density at radius 2 is 1.95 bits per heavy atom. The van der Waals surface area contributed by atoms with Crippen molar-refractivity contribution in [2.24, 2.45) is 5.92 Å². The summed E-state index contributed by atoms with van der Waals surface area (Å²) in [7, 11) is -1.42. The number of hydrogen-bond donors (Lipinski definition) is 0. The molecule has 0 aromatic heterocycles. The monoisotopic (exact) mass is 337 g/mol. The number of halogens is 2. The minimum Gasteiger partial charge on any atom is -0.306 e. The smallest absolute Gasteiger partial charge is 0.264 e. The van der Waals surface area contributed by atoms with E-state index in [1.54, 1.807) is 12.1 Å². The van der Waals surface area contributed by atoms with Gasteiger partial charge in [0.25, 0.3) is 10.1 Å². The maximum atomic E-state index is 13.0. The summed E-state index contributed by atoms with van der Waals surface area (Å²) in [6, 6.07) is 6.45. The fourth-order valence-electron chi connectivity index (χ4n) is 2.74. The fraction of sp³-hybridized carbons (Fsp3) is 0.571. The minimum atomic E-state index is -3.43. The van der Waals surface area contributed by atoms with Gasteiger partial charge in [0.05, 0.1) is 12.9 Å². The second-order valence-corrected chi connectivity index (χ2v) is 7.10. The first-order valence-electron chi connectivity index (χ1n) is 6.63. The van der Waals surface area contributed by atoms with Gasteiger partial charge in [0.2, 0.25) is 0 Å². The number of hydrogen-bond acceptors (Lipinski definition) is 4. The van der Waals surface area contributed by atoms with E-state index in [0.29, 0.717) is 0 Å². The van der Waals surface area contributed by atoms with Gasteiger partial charge in [0.15, 0.2) is 0 Å². The predicted octanol–water partition coefficient (Wildman–Crippen LogP) is 2.26. The molecular formula is C14H21ClFNO3S. The van der Waals surface area contributed by atoms with Crippen LogP contribution in [-0.2, 0) is 14.3 Å². The quantitative estimate of drug-likeness (QED) is 0.791. The average molecular weight is 338 g/mol. The van der Waals surface area contributed by atoms with Crippen LogP contribution < -0.4 is 0 Å². The third kappa shape index (κ3) is 5.54. The summed E-state index contributed by atoms with van der Waals surface area (Å²) in [6.07, 6.45) is 1.98. The molecule has 0 N–H and O–H groups in total. The maximum Gasteiger partial charge on any atom is 0.264 e. The lowest BCUT2D eigenvalue weighted by atomic mass is 9.81. The second kappa shape index (κ2) is 7.54. The number of piperidine rings is 1. The van der Waals surface area contributed by atoms with E-state index in [-0.39, 0.29) is 36.7 Å². The van der Waals surface area contributed by atoms with E-state index in [9.17, 15) is 12.8 Å². The molecule has 0 bridgehead atoms. The van der Waals surface area contributed by atoms with Crippen molar-refractivity contribution >= 4 is 22.5 Å². The molecular weight excluding hydrogens is 317 g/mol. The van der Waals surface area contributed by atoms with Gasteiger partial charge in [0.1, 0.15) is 5.82 Å². The van der Waals surface area contributed by atoms with Crippen molar-refractivity contribution in [3.05, 3.63) is 35.6 Å². The van der Waals surface area contributed by atoms with Crippen LogP contribution in [0.15, 0.2) is 24.3 Å². The molecule has 0 saturated carbocycles. The van der Waals surface area contributed by atoms with Gasteiger partial charge in [-0.1, -0.05) is 12.1 Å². The Hall–Kier alpha value is -0.690. The van der Waals surface area contributed by atoms with Gasteiger partial charge in [-0.25, -0.2) is 4.39 Å². The van der Waals surface area contributed by atoms with Crippen LogP contribution in [0.5, 0.6) is 0 Å². The molecule has 0 unspecified atom stereocenters. The molecule has 1 fully saturated rings. The van der Waals surface area contributed by atoms with Crippen LogP contribution in [0.4, 0.5) is 4.39 Å². The highest BCUT2D eigenvalue weighted by Crippen LogP contribution is 2.33. The van der Waals surface area contributed by atoms with E-state index in [1.165, 1.54) is 12.1 Å². The van der Waals surface area contributed by atoms with Crippen molar-refractivity contribution in [3.63, 3.8) is 0 Å². The molecule has 21 heavy (non-hydrogen) atoms. The third-order valence-corrected chi connectivity index (χ3v) is 4.30. The standard InChI is InChI=1S/C14H20FNO3S.ClH/c1-16-8-7-14(11-3-5-13(15)6-4-11)12(9-16)10-19-20(2,17)18;/h3-6,12,14H,7-10H2,1-2H3;1H/t12-,14-;/m0./s1. The molecule has 1 heterocycles. The minimum absolute atomic E-state index is 0. The topological polar surface area (TPSA) is 46.6 Å². The Kier molecular flexibility index (Phi) is 6.59. The van der Waals surface area contributed by atoms with E-state index >= 15 is 0 Å². The highest BCUT2D eigenvalue weighted by atomic mass is 35.5. The molecule has 1 saturated heterocycles. The zero-order chi connectivity index (χ0) is 14.8. The summed E-state index contributed by atoms with van der Waals surface area (Å²) in [5.41, 5.74) is 1.04. The first kappa shape index (κ1) is 18.4. The van der Waals surface area contributed by atoms with Crippen molar-refractivity contribution < 1.29 is 17.0 Å². The van der Waals surface area contributed by atoms with E-state index in [0.717, 1.165) is 31.3 Å². The van der Waals surface area contributed by atoms with Crippen LogP contribution in [0, 0.1) is 11.7 Å². The molecule has 1 aliphatic heterocycles. The van der Waals surface area contributed by atoms with Crippen LogP contribution in [0.25, 0.3) is 0 Å². The Bertz CT molecular complexity index is 550. The molecule has 2 atom stereocenters. The van der Waals surface area contributed by atoms with Gasteiger partial charge in [-0.05, 0) is 43.6 Å². The summed E-state index contributed by atoms with van der Waals surface area (Å²) < 4.78 is 40.3. The van der Waals surface area contributed by atoms with E-state index in [2.05, 4.69) is 4.90 Å². The van der Waals surface area contributed by atoms with Crippen LogP contribution in [0.1, 0.15) is 17.9 Å². The lowest BCUT2D eigenvalue weighted by molar-refractivity contribution is 0.133. The molecule has 0 aliphatic carbocycles. The highest BCUT2D eigenvalue weighted by molar-refractivity contribution is 7.85. The van der Waals surface area contributed by atoms with Gasteiger partial charge in [-0.2, -0.15) is 8.42 Å². The lowest BCUT2D eigenvalue weighted by Gasteiger charge is -2.36. The van der Waals surface area contributed by atoms with Crippen LogP contribution in [0.3, 0.4) is 0 Å². The summed E-state index contributed by atoms with van der Waals surface area (Å²) >= 11 is 0. The molecule has 4 nitrogen and oxygen atoms in total. The Morgan fingerprint density at radius 1 is 1.33 bits per heavy atom. The van der Waals surface area contributed by atoms with Crippen LogP contribution in [0.2, 0.25) is 0 Å². The van der Waals surface area contributed by atoms with E-state index in [4.69, 9.17) is 4.18 Å². The Labute approximate surface area is 131 Å². The number of likely N-dealkylation sites (tertiary alicyclic amines) is 1. The zero-order valence-electron chi connectivity index (χ0n) is 12.2. The lowest BCUT2D eigenvalue weighted by Crippen LogP contribution is -2.39. The summed E-state index contributed by atoms with van der Waals surface area (Å²) in [6.45, 7) is 1.89. The predicted molar refractivity (Wildman–Crippen MR) is 82.8 cm³/mol. The molecule has 1 aliphatic rings. The van der Waals surface area contributed by atoms with Crippen molar-refractivity contribution in [1.29, 1.82) is 0 Å². The molecule has 0 amide bonds. The van der Waals surface area contributed by atoms with Gasteiger partial charge in [0, 0.05) is 12.5 Å². The summed E-state index contributed by atoms with van der Waals surface area (Å²) in [4.78, 5) is 2.16. The summed E-state index contributed by atoms with van der Waals surface area (Å²) in [5, 5.41) is 0. The van der Waals surface area contributed by atoms with E-state index < -0.39 is 10.1 Å². The maximum absolute atomic E-state index is 13.0. The fourth-order valence-corrected chi connectivity index (χ4v) is 3.16. The van der Waals surface area contributed by atoms with Crippen LogP contribution >= 0.6 is 12.4 Å². The average Bonchev–Trinajstić information content (AvgIpc) is 2.37. The first-order valence-corrected chi connectivity index (χ1v) is 8.45. The molecule has 1 aromatic carbocycles. The van der Waals surface area contributed by atoms with Gasteiger partial charge >= 0.3 is 0 Å². The largest absolute Gasteiger partial charge is 0.306 e. The van der Waals surface area contributed by atoms with Crippen molar-refractivity contribution in [2.45, 2.75) is 12.3 Å². The SMILES string of the molecule is CN1CC[C@@H](c2ccc(F)cc2)[C@H](COS(C)(=O)=O)C1.Cl. The van der Waals surface area contributed by atoms with Crippen molar-refractivity contribution in [3.8, 4) is 0 Å².